The van der Waals surface area contributed by atoms with E-state index in [2.05, 4.69) is 10.6 Å². The van der Waals surface area contributed by atoms with Crippen LogP contribution in [0.4, 0.5) is 0 Å². The second-order valence-electron chi connectivity index (χ2n) is 5.20. The van der Waals surface area contributed by atoms with Crippen LogP contribution < -0.4 is 10.6 Å². The molecule has 17 heavy (non-hydrogen) atoms. The molecule has 0 aromatic heterocycles. The van der Waals surface area contributed by atoms with Crippen molar-refractivity contribution < 1.29 is 14.7 Å². The molecule has 98 valence electrons. The molecule has 0 aromatic carbocycles. The molecule has 5 nitrogen and oxygen atoms in total. The number of amides is 1. The molecule has 0 radical (unpaired) electrons. The summed E-state index contributed by atoms with van der Waals surface area (Å²) in [7, 11) is 0. The number of carboxylic acid groups (broad SMARTS) is 1. The largest absolute Gasteiger partial charge is 0.481 e. The fourth-order valence-corrected chi connectivity index (χ4v) is 1.90. The molecule has 1 atom stereocenters. The first-order valence-corrected chi connectivity index (χ1v) is 6.19. The third kappa shape index (κ3) is 5.17. The third-order valence-corrected chi connectivity index (χ3v) is 2.99. The molecule has 5 heteroatoms. The predicted octanol–water partition coefficient (Wildman–Crippen LogP) is 0.459. The van der Waals surface area contributed by atoms with Gasteiger partial charge in [-0.1, -0.05) is 13.8 Å². The Hall–Kier alpha value is -1.10. The molecule has 1 amide bonds. The summed E-state index contributed by atoms with van der Waals surface area (Å²) in [6, 6.07) is 0. The predicted molar refractivity (Wildman–Crippen MR) is 64.6 cm³/mol. The van der Waals surface area contributed by atoms with Gasteiger partial charge in [-0.25, -0.2) is 0 Å². The van der Waals surface area contributed by atoms with Crippen LogP contribution in [0.25, 0.3) is 0 Å². The molecule has 3 N–H and O–H groups in total. The summed E-state index contributed by atoms with van der Waals surface area (Å²) in [4.78, 5) is 22.5. The lowest BCUT2D eigenvalue weighted by Crippen LogP contribution is -2.45. The van der Waals surface area contributed by atoms with Crippen molar-refractivity contribution in [2.75, 3.05) is 19.6 Å². The Bertz CT molecular complexity index is 275. The van der Waals surface area contributed by atoms with E-state index in [0.717, 1.165) is 13.1 Å². The van der Waals surface area contributed by atoms with E-state index in [4.69, 9.17) is 5.11 Å². The molecule has 1 aliphatic rings. The van der Waals surface area contributed by atoms with E-state index in [1.165, 1.54) is 0 Å². The number of hydrogen-bond acceptors (Lipinski definition) is 3. The van der Waals surface area contributed by atoms with Gasteiger partial charge < -0.3 is 15.7 Å². The normalized spacial score (nSPS) is 17.6. The second-order valence-corrected chi connectivity index (χ2v) is 5.20. The van der Waals surface area contributed by atoms with Crippen LogP contribution in [0.1, 0.15) is 26.7 Å². The first-order valence-electron chi connectivity index (χ1n) is 6.19. The van der Waals surface area contributed by atoms with Gasteiger partial charge in [-0.05, 0) is 31.3 Å². The first-order chi connectivity index (χ1) is 7.99. The first kappa shape index (κ1) is 14.0. The number of rotatable bonds is 7. The third-order valence-electron chi connectivity index (χ3n) is 2.99. The fourth-order valence-electron chi connectivity index (χ4n) is 1.90. The molecule has 1 unspecified atom stereocenters. The molecular weight excluding hydrogens is 220 g/mol. The second kappa shape index (κ2) is 6.59. The zero-order valence-electron chi connectivity index (χ0n) is 10.5. The summed E-state index contributed by atoms with van der Waals surface area (Å²) in [5.74, 6) is -0.596. The van der Waals surface area contributed by atoms with Gasteiger partial charge in [-0.15, -0.1) is 0 Å². The molecule has 0 bridgehead atoms. The van der Waals surface area contributed by atoms with Crippen molar-refractivity contribution in [1.82, 2.24) is 10.6 Å². The van der Waals surface area contributed by atoms with Gasteiger partial charge in [0.15, 0.2) is 0 Å². The van der Waals surface area contributed by atoms with Crippen LogP contribution in [0.3, 0.4) is 0 Å². The Kier molecular flexibility index (Phi) is 5.41. The van der Waals surface area contributed by atoms with Gasteiger partial charge in [0, 0.05) is 13.0 Å². The average molecular weight is 242 g/mol. The maximum Gasteiger partial charge on any atom is 0.308 e. The summed E-state index contributed by atoms with van der Waals surface area (Å²) in [6.07, 6.45) is 1.10. The molecule has 0 saturated carbocycles. The summed E-state index contributed by atoms with van der Waals surface area (Å²) >= 11 is 0. The smallest absolute Gasteiger partial charge is 0.308 e. The Morgan fingerprint density at radius 2 is 2.06 bits per heavy atom. The van der Waals surface area contributed by atoms with E-state index in [1.807, 2.05) is 13.8 Å². The summed E-state index contributed by atoms with van der Waals surface area (Å²) < 4.78 is 0. The molecule has 0 spiro atoms. The van der Waals surface area contributed by atoms with Crippen LogP contribution in [0.5, 0.6) is 0 Å². The number of aliphatic carboxylic acids is 1. The zero-order chi connectivity index (χ0) is 12.8. The highest BCUT2D eigenvalue weighted by atomic mass is 16.4. The zero-order valence-corrected chi connectivity index (χ0v) is 10.5. The Morgan fingerprint density at radius 1 is 1.41 bits per heavy atom. The molecule has 1 heterocycles. The van der Waals surface area contributed by atoms with E-state index in [9.17, 15) is 9.59 Å². The van der Waals surface area contributed by atoms with Crippen molar-refractivity contribution in [2.24, 2.45) is 17.8 Å². The number of hydrogen-bond donors (Lipinski definition) is 3. The maximum absolute atomic E-state index is 11.5. The molecule has 0 aliphatic carbocycles. The summed E-state index contributed by atoms with van der Waals surface area (Å²) in [5.41, 5.74) is 0. The van der Waals surface area contributed by atoms with Crippen LogP contribution >= 0.6 is 0 Å². The molecule has 1 saturated heterocycles. The topological polar surface area (TPSA) is 78.4 Å². The lowest BCUT2D eigenvalue weighted by atomic mass is 9.96. The van der Waals surface area contributed by atoms with Gasteiger partial charge in [0.2, 0.25) is 5.91 Å². The quantitative estimate of drug-likeness (QED) is 0.606. The highest BCUT2D eigenvalue weighted by molar-refractivity contribution is 5.77. The van der Waals surface area contributed by atoms with Crippen molar-refractivity contribution in [3.8, 4) is 0 Å². The minimum Gasteiger partial charge on any atom is -0.481 e. The van der Waals surface area contributed by atoms with Crippen molar-refractivity contribution >= 4 is 11.9 Å². The van der Waals surface area contributed by atoms with E-state index in [0.29, 0.717) is 24.7 Å². The number of carbonyl (C=O) groups is 2. The summed E-state index contributed by atoms with van der Waals surface area (Å²) in [6.45, 7) is 5.99. The van der Waals surface area contributed by atoms with Crippen LogP contribution in [0.15, 0.2) is 0 Å². The number of nitrogens with one attached hydrogen (secondary N) is 2. The highest BCUT2D eigenvalue weighted by Gasteiger charge is 2.22. The van der Waals surface area contributed by atoms with Gasteiger partial charge in [-0.2, -0.15) is 0 Å². The monoisotopic (exact) mass is 242 g/mol. The van der Waals surface area contributed by atoms with E-state index >= 15 is 0 Å². The van der Waals surface area contributed by atoms with Crippen LogP contribution in [0.2, 0.25) is 0 Å². The standard InChI is InChI=1S/C12H22N2O3/c1-8(2)3-10(12(16)17)7-14-11(15)4-9-5-13-6-9/h8-10,13H,3-7H2,1-2H3,(H,14,15)(H,16,17). The van der Waals surface area contributed by atoms with Gasteiger partial charge in [0.25, 0.3) is 0 Å². The molecule has 1 rings (SSSR count). The van der Waals surface area contributed by atoms with Gasteiger partial charge >= 0.3 is 5.97 Å². The lowest BCUT2D eigenvalue weighted by Gasteiger charge is -2.26. The summed E-state index contributed by atoms with van der Waals surface area (Å²) in [5, 5.41) is 14.8. The van der Waals surface area contributed by atoms with Crippen molar-refractivity contribution in [3.63, 3.8) is 0 Å². The van der Waals surface area contributed by atoms with Crippen LogP contribution in [-0.2, 0) is 9.59 Å². The van der Waals surface area contributed by atoms with Crippen LogP contribution in [-0.4, -0.2) is 36.6 Å². The molecule has 0 aromatic rings. The highest BCUT2D eigenvalue weighted by Crippen LogP contribution is 2.12. The van der Waals surface area contributed by atoms with Crippen molar-refractivity contribution in [2.45, 2.75) is 26.7 Å². The Morgan fingerprint density at radius 3 is 2.47 bits per heavy atom. The molecule has 1 fully saturated rings. The van der Waals surface area contributed by atoms with Gasteiger partial charge in [0.05, 0.1) is 5.92 Å². The van der Waals surface area contributed by atoms with E-state index in [-0.39, 0.29) is 12.5 Å². The minimum absolute atomic E-state index is 0.0356. The fraction of sp³-hybridized carbons (Fsp3) is 0.833. The molecular formula is C12H22N2O3. The molecule has 1 aliphatic heterocycles. The van der Waals surface area contributed by atoms with E-state index in [1.54, 1.807) is 0 Å². The maximum atomic E-state index is 11.5. The van der Waals surface area contributed by atoms with Gasteiger partial charge in [-0.3, -0.25) is 9.59 Å². The van der Waals surface area contributed by atoms with Gasteiger partial charge in [0.1, 0.15) is 0 Å². The number of carboxylic acids is 1. The van der Waals surface area contributed by atoms with Crippen molar-refractivity contribution in [1.29, 1.82) is 0 Å². The average Bonchev–Trinajstić information content (AvgIpc) is 2.17. The van der Waals surface area contributed by atoms with Crippen molar-refractivity contribution in [3.05, 3.63) is 0 Å². The van der Waals surface area contributed by atoms with E-state index < -0.39 is 11.9 Å². The lowest BCUT2D eigenvalue weighted by molar-refractivity contribution is -0.142. The Labute approximate surface area is 102 Å². The minimum atomic E-state index is -0.829. The Balaban J connectivity index is 2.24. The number of carbonyl (C=O) groups excluding carboxylic acids is 1. The SMILES string of the molecule is CC(C)CC(CNC(=O)CC1CNC1)C(=O)O. The van der Waals surface area contributed by atoms with Crippen LogP contribution in [0, 0.1) is 17.8 Å².